The standard InChI is InChI=1S/C19H18N6O3/c26-19(15-3-5-16(6-4-15)25(27)28)24-13-11-23(12-14-24)18-8-7-17(20-21-18)22-9-1-2-10-22/h1-10H,11-14H2. The second kappa shape index (κ2) is 7.47. The van der Waals surface area contributed by atoms with E-state index in [1.165, 1.54) is 24.3 Å². The Morgan fingerprint density at radius 2 is 1.50 bits per heavy atom. The summed E-state index contributed by atoms with van der Waals surface area (Å²) in [6.07, 6.45) is 3.82. The monoisotopic (exact) mass is 378 g/mol. The molecule has 0 spiro atoms. The molecule has 3 aromatic rings. The second-order valence-electron chi connectivity index (χ2n) is 6.42. The Hall–Kier alpha value is -3.75. The first-order valence-electron chi connectivity index (χ1n) is 8.87. The first-order chi connectivity index (χ1) is 13.6. The maximum Gasteiger partial charge on any atom is 0.269 e. The van der Waals surface area contributed by atoms with Crippen molar-refractivity contribution in [2.45, 2.75) is 0 Å². The van der Waals surface area contributed by atoms with E-state index in [0.29, 0.717) is 31.7 Å². The molecule has 0 radical (unpaired) electrons. The zero-order chi connectivity index (χ0) is 19.5. The predicted molar refractivity (Wildman–Crippen MR) is 103 cm³/mol. The van der Waals surface area contributed by atoms with E-state index in [-0.39, 0.29) is 11.6 Å². The van der Waals surface area contributed by atoms with Gasteiger partial charge in [0.2, 0.25) is 0 Å². The minimum absolute atomic E-state index is 0.0247. The third-order valence-electron chi connectivity index (χ3n) is 4.72. The topological polar surface area (TPSA) is 97.4 Å². The normalized spacial score (nSPS) is 14.1. The molecule has 3 heterocycles. The highest BCUT2D eigenvalue weighted by Crippen LogP contribution is 2.17. The third kappa shape index (κ3) is 3.54. The molecule has 0 N–H and O–H groups in total. The van der Waals surface area contributed by atoms with Gasteiger partial charge in [0.05, 0.1) is 4.92 Å². The van der Waals surface area contributed by atoms with Crippen LogP contribution in [-0.4, -0.2) is 56.7 Å². The number of benzene rings is 1. The van der Waals surface area contributed by atoms with Gasteiger partial charge in [0.15, 0.2) is 11.6 Å². The van der Waals surface area contributed by atoms with Gasteiger partial charge < -0.3 is 14.4 Å². The number of hydrogen-bond acceptors (Lipinski definition) is 6. The molecule has 0 bridgehead atoms. The third-order valence-corrected chi connectivity index (χ3v) is 4.72. The van der Waals surface area contributed by atoms with Gasteiger partial charge in [-0.25, -0.2) is 0 Å². The van der Waals surface area contributed by atoms with Gasteiger partial charge in [-0.3, -0.25) is 14.9 Å². The lowest BCUT2D eigenvalue weighted by Crippen LogP contribution is -2.49. The van der Waals surface area contributed by atoms with Crippen molar-refractivity contribution in [3.05, 3.63) is 76.6 Å². The van der Waals surface area contributed by atoms with E-state index in [2.05, 4.69) is 15.1 Å². The molecule has 1 aliphatic heterocycles. The lowest BCUT2D eigenvalue weighted by Gasteiger charge is -2.35. The number of carbonyl (C=O) groups excluding carboxylic acids is 1. The second-order valence-corrected chi connectivity index (χ2v) is 6.42. The molecule has 4 rings (SSSR count). The molecule has 9 heteroatoms. The first-order valence-corrected chi connectivity index (χ1v) is 8.87. The molecule has 9 nitrogen and oxygen atoms in total. The lowest BCUT2D eigenvalue weighted by atomic mass is 10.1. The van der Waals surface area contributed by atoms with Gasteiger partial charge in [0.25, 0.3) is 11.6 Å². The molecule has 1 amide bonds. The van der Waals surface area contributed by atoms with Crippen molar-refractivity contribution >= 4 is 17.4 Å². The van der Waals surface area contributed by atoms with Crippen LogP contribution in [0.4, 0.5) is 11.5 Å². The van der Waals surface area contributed by atoms with E-state index in [0.717, 1.165) is 11.6 Å². The summed E-state index contributed by atoms with van der Waals surface area (Å²) in [5.74, 6) is 1.41. The van der Waals surface area contributed by atoms with E-state index in [1.54, 1.807) is 4.90 Å². The van der Waals surface area contributed by atoms with Gasteiger partial charge in [-0.15, -0.1) is 10.2 Å². The molecule has 0 atom stereocenters. The Balaban J connectivity index is 1.37. The van der Waals surface area contributed by atoms with E-state index in [9.17, 15) is 14.9 Å². The zero-order valence-corrected chi connectivity index (χ0v) is 15.0. The van der Waals surface area contributed by atoms with Gasteiger partial charge >= 0.3 is 0 Å². The number of non-ortho nitro benzene ring substituents is 1. The minimum atomic E-state index is -0.477. The lowest BCUT2D eigenvalue weighted by molar-refractivity contribution is -0.384. The quantitative estimate of drug-likeness (QED) is 0.510. The van der Waals surface area contributed by atoms with Crippen molar-refractivity contribution in [1.29, 1.82) is 0 Å². The highest BCUT2D eigenvalue weighted by Gasteiger charge is 2.23. The Morgan fingerprint density at radius 3 is 2.07 bits per heavy atom. The van der Waals surface area contributed by atoms with Crippen molar-refractivity contribution in [2.24, 2.45) is 0 Å². The largest absolute Gasteiger partial charge is 0.352 e. The van der Waals surface area contributed by atoms with Gasteiger partial charge in [-0.1, -0.05) is 0 Å². The molecule has 0 aliphatic carbocycles. The number of piperazine rings is 1. The van der Waals surface area contributed by atoms with E-state index in [1.807, 2.05) is 41.2 Å². The average Bonchev–Trinajstić information content (AvgIpc) is 3.28. The number of hydrogen-bond donors (Lipinski definition) is 0. The predicted octanol–water partition coefficient (Wildman–Crippen LogP) is 2.14. The van der Waals surface area contributed by atoms with Crippen molar-refractivity contribution in [3.63, 3.8) is 0 Å². The van der Waals surface area contributed by atoms with E-state index in [4.69, 9.17) is 0 Å². The number of rotatable bonds is 4. The first kappa shape index (κ1) is 17.7. The number of amides is 1. The highest BCUT2D eigenvalue weighted by molar-refractivity contribution is 5.94. The van der Waals surface area contributed by atoms with Crippen LogP contribution in [0.5, 0.6) is 0 Å². The van der Waals surface area contributed by atoms with Gasteiger partial charge in [-0.2, -0.15) is 0 Å². The van der Waals surface area contributed by atoms with Gasteiger partial charge in [-0.05, 0) is 36.4 Å². The number of nitro benzene ring substituents is 1. The van der Waals surface area contributed by atoms with Crippen LogP contribution in [0.2, 0.25) is 0 Å². The SMILES string of the molecule is O=C(c1ccc([N+](=O)[O-])cc1)N1CCN(c2ccc(-n3cccc3)nn2)CC1. The van der Waals surface area contributed by atoms with Crippen LogP contribution in [0.3, 0.4) is 0 Å². The van der Waals surface area contributed by atoms with E-state index < -0.39 is 4.92 Å². The summed E-state index contributed by atoms with van der Waals surface area (Å²) in [5, 5.41) is 19.3. The summed E-state index contributed by atoms with van der Waals surface area (Å²) in [5.41, 5.74) is 0.429. The van der Waals surface area contributed by atoms with Crippen LogP contribution in [0.15, 0.2) is 60.9 Å². The maximum absolute atomic E-state index is 12.6. The summed E-state index contributed by atoms with van der Waals surface area (Å²) in [6, 6.07) is 13.4. The number of carbonyl (C=O) groups is 1. The van der Waals surface area contributed by atoms with Crippen molar-refractivity contribution in [3.8, 4) is 5.82 Å². The fourth-order valence-electron chi connectivity index (χ4n) is 3.16. The van der Waals surface area contributed by atoms with Crippen LogP contribution < -0.4 is 4.90 Å². The van der Waals surface area contributed by atoms with Crippen molar-refractivity contribution in [2.75, 3.05) is 31.1 Å². The fraction of sp³-hybridized carbons (Fsp3) is 0.211. The minimum Gasteiger partial charge on any atom is -0.352 e. The average molecular weight is 378 g/mol. The number of nitro groups is 1. The Bertz CT molecular complexity index is 962. The maximum atomic E-state index is 12.6. The Labute approximate surface area is 161 Å². The van der Waals surface area contributed by atoms with Crippen molar-refractivity contribution < 1.29 is 9.72 Å². The summed E-state index contributed by atoms with van der Waals surface area (Å²) in [7, 11) is 0. The van der Waals surface area contributed by atoms with E-state index >= 15 is 0 Å². The number of aromatic nitrogens is 3. The molecule has 0 saturated carbocycles. The smallest absolute Gasteiger partial charge is 0.269 e. The molecule has 0 unspecified atom stereocenters. The molecule has 1 aromatic carbocycles. The molecule has 1 saturated heterocycles. The molecule has 142 valence electrons. The van der Waals surface area contributed by atoms with Crippen LogP contribution in [-0.2, 0) is 0 Å². The molecular formula is C19H18N6O3. The summed E-state index contributed by atoms with van der Waals surface area (Å²) >= 11 is 0. The Kier molecular flexibility index (Phi) is 4.71. The highest BCUT2D eigenvalue weighted by atomic mass is 16.6. The summed E-state index contributed by atoms with van der Waals surface area (Å²) in [6.45, 7) is 2.40. The zero-order valence-electron chi connectivity index (χ0n) is 15.0. The van der Waals surface area contributed by atoms with Crippen LogP contribution >= 0.6 is 0 Å². The van der Waals surface area contributed by atoms with Crippen molar-refractivity contribution in [1.82, 2.24) is 19.7 Å². The van der Waals surface area contributed by atoms with Gasteiger partial charge in [0, 0.05) is 56.3 Å². The Morgan fingerprint density at radius 1 is 0.893 bits per heavy atom. The molecule has 1 fully saturated rings. The number of nitrogens with zero attached hydrogens (tertiary/aromatic N) is 6. The molecule has 28 heavy (non-hydrogen) atoms. The summed E-state index contributed by atoms with van der Waals surface area (Å²) in [4.78, 5) is 26.7. The summed E-state index contributed by atoms with van der Waals surface area (Å²) < 4.78 is 1.89. The van der Waals surface area contributed by atoms with Crippen LogP contribution in [0.25, 0.3) is 5.82 Å². The van der Waals surface area contributed by atoms with Crippen LogP contribution in [0.1, 0.15) is 10.4 Å². The van der Waals surface area contributed by atoms with Crippen LogP contribution in [0, 0.1) is 10.1 Å². The molecular weight excluding hydrogens is 360 g/mol. The number of anilines is 1. The fourth-order valence-corrected chi connectivity index (χ4v) is 3.16. The van der Waals surface area contributed by atoms with Gasteiger partial charge in [0.1, 0.15) is 0 Å². The molecule has 2 aromatic heterocycles. The molecule has 1 aliphatic rings.